The minimum absolute atomic E-state index is 0.0400. The van der Waals surface area contributed by atoms with Crippen LogP contribution in [0.2, 0.25) is 0 Å². The van der Waals surface area contributed by atoms with Gasteiger partial charge in [0.2, 0.25) is 5.43 Å². The van der Waals surface area contributed by atoms with E-state index >= 15 is 0 Å². The number of rotatable bonds is 1. The van der Waals surface area contributed by atoms with Gasteiger partial charge in [0.05, 0.1) is 9.26 Å². The number of hydrogen-bond donors (Lipinski definition) is 1. The molecule has 2 nitrogen and oxygen atoms in total. The second kappa shape index (κ2) is 4.40. The third kappa shape index (κ3) is 2.00. The van der Waals surface area contributed by atoms with Crippen LogP contribution in [0.1, 0.15) is 12.1 Å². The van der Waals surface area contributed by atoms with Crippen LogP contribution in [0, 0.1) is 3.57 Å². The summed E-state index contributed by atoms with van der Waals surface area (Å²) in [5, 5.41) is 0.406. The van der Waals surface area contributed by atoms with Gasteiger partial charge in [0.1, 0.15) is 0 Å². The number of fused-ring (bicyclic) bond motifs is 1. The zero-order valence-electron chi connectivity index (χ0n) is 7.73. The number of aromatic nitrogens is 1. The van der Waals surface area contributed by atoms with Gasteiger partial charge in [-0.1, -0.05) is 15.9 Å². The lowest BCUT2D eigenvalue weighted by Crippen LogP contribution is -2.12. The van der Waals surface area contributed by atoms with Gasteiger partial charge in [-0.25, -0.2) is 8.78 Å². The normalized spacial score (nSPS) is 11.3. The van der Waals surface area contributed by atoms with Crippen molar-refractivity contribution in [3.8, 4) is 0 Å². The predicted octanol–water partition coefficient (Wildman–Crippen LogP) is 3.83. The maximum Gasteiger partial charge on any atom is 0.279 e. The summed E-state index contributed by atoms with van der Waals surface area (Å²) in [6.07, 6.45) is -2.67. The lowest BCUT2D eigenvalue weighted by molar-refractivity contribution is 0.145. The molecular weight excluding hydrogens is 395 g/mol. The van der Waals surface area contributed by atoms with Crippen LogP contribution in [0.5, 0.6) is 0 Å². The molecule has 0 atom stereocenters. The first-order valence-corrected chi connectivity index (χ1v) is 6.17. The van der Waals surface area contributed by atoms with Gasteiger partial charge in [-0.15, -0.1) is 0 Å². The number of halogens is 4. The average molecular weight is 400 g/mol. The highest BCUT2D eigenvalue weighted by atomic mass is 127. The van der Waals surface area contributed by atoms with E-state index in [0.717, 1.165) is 4.47 Å². The first-order valence-electron chi connectivity index (χ1n) is 4.30. The van der Waals surface area contributed by atoms with Crippen molar-refractivity contribution in [1.82, 2.24) is 4.98 Å². The zero-order chi connectivity index (χ0) is 11.9. The molecule has 0 unspecified atom stereocenters. The van der Waals surface area contributed by atoms with Gasteiger partial charge >= 0.3 is 0 Å². The molecule has 0 saturated carbocycles. The maximum absolute atomic E-state index is 12.6. The quantitative estimate of drug-likeness (QED) is 0.726. The van der Waals surface area contributed by atoms with Gasteiger partial charge in [-0.05, 0) is 40.8 Å². The number of benzene rings is 1. The van der Waals surface area contributed by atoms with Crippen LogP contribution >= 0.6 is 38.5 Å². The molecule has 0 aliphatic rings. The zero-order valence-corrected chi connectivity index (χ0v) is 11.5. The van der Waals surface area contributed by atoms with Crippen molar-refractivity contribution in [2.24, 2.45) is 0 Å². The standard InChI is InChI=1S/C10H5BrF2INO/c11-4-1-2-6-5(3-4)9(16)7(14)8(15-6)10(12)13/h1-3,10H,(H,15,16). The van der Waals surface area contributed by atoms with Crippen LogP contribution < -0.4 is 5.43 Å². The highest BCUT2D eigenvalue weighted by Gasteiger charge is 2.16. The molecule has 1 aromatic heterocycles. The van der Waals surface area contributed by atoms with E-state index in [1.54, 1.807) is 40.8 Å². The SMILES string of the molecule is O=c1c(I)c(C(F)F)[nH]c2ccc(Br)cc12. The number of alkyl halides is 2. The summed E-state index contributed by atoms with van der Waals surface area (Å²) in [5.41, 5.74) is -0.268. The topological polar surface area (TPSA) is 32.9 Å². The molecule has 84 valence electrons. The van der Waals surface area contributed by atoms with E-state index in [1.165, 1.54) is 0 Å². The Balaban J connectivity index is 2.88. The number of pyridine rings is 1. The molecule has 2 rings (SSSR count). The number of aromatic amines is 1. The molecule has 0 bridgehead atoms. The van der Waals surface area contributed by atoms with Crippen LogP contribution in [0.3, 0.4) is 0 Å². The second-order valence-corrected chi connectivity index (χ2v) is 5.17. The summed E-state index contributed by atoms with van der Waals surface area (Å²) in [4.78, 5) is 14.4. The lowest BCUT2D eigenvalue weighted by Gasteiger charge is -2.06. The van der Waals surface area contributed by atoms with Gasteiger partial charge in [0, 0.05) is 15.4 Å². The second-order valence-electron chi connectivity index (χ2n) is 3.17. The van der Waals surface area contributed by atoms with Crippen molar-refractivity contribution in [1.29, 1.82) is 0 Å². The smallest absolute Gasteiger partial charge is 0.279 e. The molecule has 0 spiro atoms. The molecule has 1 aromatic carbocycles. The van der Waals surface area contributed by atoms with E-state index < -0.39 is 6.43 Å². The van der Waals surface area contributed by atoms with Gasteiger partial charge in [0.15, 0.2) is 0 Å². The molecule has 1 heterocycles. The van der Waals surface area contributed by atoms with Gasteiger partial charge < -0.3 is 4.98 Å². The Bertz CT molecular complexity index is 612. The van der Waals surface area contributed by atoms with Crippen molar-refractivity contribution in [2.45, 2.75) is 6.43 Å². The van der Waals surface area contributed by atoms with Crippen molar-refractivity contribution in [3.63, 3.8) is 0 Å². The number of hydrogen-bond acceptors (Lipinski definition) is 1. The van der Waals surface area contributed by atoms with Crippen LogP contribution in [-0.4, -0.2) is 4.98 Å². The van der Waals surface area contributed by atoms with Crippen LogP contribution in [0.4, 0.5) is 8.78 Å². The molecule has 6 heteroatoms. The maximum atomic E-state index is 12.6. The Morgan fingerprint density at radius 2 is 2.06 bits per heavy atom. The highest BCUT2D eigenvalue weighted by molar-refractivity contribution is 14.1. The van der Waals surface area contributed by atoms with E-state index in [2.05, 4.69) is 20.9 Å². The Morgan fingerprint density at radius 3 is 2.69 bits per heavy atom. The van der Waals surface area contributed by atoms with Gasteiger partial charge in [-0.2, -0.15) is 0 Å². The fraction of sp³-hybridized carbons (Fsp3) is 0.100. The number of H-pyrrole nitrogens is 1. The first kappa shape index (κ1) is 12.0. The minimum atomic E-state index is -2.67. The van der Waals surface area contributed by atoms with E-state index in [1.807, 2.05) is 0 Å². The van der Waals surface area contributed by atoms with Crippen molar-refractivity contribution in [2.75, 3.05) is 0 Å². The molecule has 1 N–H and O–H groups in total. The van der Waals surface area contributed by atoms with E-state index in [4.69, 9.17) is 0 Å². The van der Waals surface area contributed by atoms with Gasteiger partial charge in [0.25, 0.3) is 6.43 Å². The highest BCUT2D eigenvalue weighted by Crippen LogP contribution is 2.24. The molecule has 16 heavy (non-hydrogen) atoms. The monoisotopic (exact) mass is 399 g/mol. The fourth-order valence-corrected chi connectivity index (χ4v) is 2.43. The van der Waals surface area contributed by atoms with E-state index in [9.17, 15) is 13.6 Å². The van der Waals surface area contributed by atoms with Crippen molar-refractivity contribution < 1.29 is 8.78 Å². The summed E-state index contributed by atoms with van der Waals surface area (Å²) < 4.78 is 26.0. The Morgan fingerprint density at radius 1 is 1.38 bits per heavy atom. The molecular formula is C10H5BrF2INO. The predicted molar refractivity (Wildman–Crippen MR) is 69.9 cm³/mol. The number of nitrogens with one attached hydrogen (secondary N) is 1. The third-order valence-corrected chi connectivity index (χ3v) is 3.71. The van der Waals surface area contributed by atoms with Crippen LogP contribution in [-0.2, 0) is 0 Å². The molecule has 0 saturated heterocycles. The summed E-state index contributed by atoms with van der Waals surface area (Å²) in [6.45, 7) is 0. The lowest BCUT2D eigenvalue weighted by atomic mass is 10.2. The molecule has 0 radical (unpaired) electrons. The Hall–Kier alpha value is -0.500. The summed E-state index contributed by atoms with van der Waals surface area (Å²) in [7, 11) is 0. The molecule has 2 aromatic rings. The van der Waals surface area contributed by atoms with Crippen LogP contribution in [0.15, 0.2) is 27.5 Å². The molecule has 0 fully saturated rings. The third-order valence-electron chi connectivity index (χ3n) is 2.15. The van der Waals surface area contributed by atoms with Crippen molar-refractivity contribution >= 4 is 49.4 Å². The summed E-state index contributed by atoms with van der Waals surface area (Å²) in [6, 6.07) is 4.91. The molecule has 0 amide bonds. The molecule has 0 aliphatic heterocycles. The minimum Gasteiger partial charge on any atom is -0.353 e. The van der Waals surface area contributed by atoms with Crippen LogP contribution in [0.25, 0.3) is 10.9 Å². The van der Waals surface area contributed by atoms with E-state index in [0.29, 0.717) is 10.9 Å². The summed E-state index contributed by atoms with van der Waals surface area (Å²) >= 11 is 4.88. The van der Waals surface area contributed by atoms with Gasteiger partial charge in [-0.3, -0.25) is 4.79 Å². The molecule has 0 aliphatic carbocycles. The first-order chi connectivity index (χ1) is 7.50. The fourth-order valence-electron chi connectivity index (χ4n) is 1.40. The van der Waals surface area contributed by atoms with Crippen molar-refractivity contribution in [3.05, 3.63) is 42.2 Å². The Kier molecular flexibility index (Phi) is 3.29. The average Bonchev–Trinajstić information content (AvgIpc) is 2.23. The van der Waals surface area contributed by atoms with E-state index in [-0.39, 0.29) is 14.7 Å². The summed E-state index contributed by atoms with van der Waals surface area (Å²) in [5.74, 6) is 0. The Labute approximate surface area is 111 Å². The largest absolute Gasteiger partial charge is 0.353 e.